The number of carbonyl (C=O) groups excluding carboxylic acids is 2. The molecule has 1 atom stereocenters. The largest absolute Gasteiger partial charge is 0.465 e. The van der Waals surface area contributed by atoms with E-state index in [9.17, 15) is 14.4 Å². The van der Waals surface area contributed by atoms with Gasteiger partial charge in [-0.3, -0.25) is 9.59 Å². The SMILES string of the molecule is COC(=O)c1ccc([C@@H]2c3c(oc4ccc(C)cc4c3=O)C(=O)N2CCN(C)C)cc1. The second kappa shape index (κ2) is 8.00. The zero-order chi connectivity index (χ0) is 22.3. The van der Waals surface area contributed by atoms with Crippen LogP contribution in [-0.2, 0) is 4.74 Å². The topological polar surface area (TPSA) is 80.1 Å². The Morgan fingerprint density at radius 3 is 2.48 bits per heavy atom. The average Bonchev–Trinajstić information content (AvgIpc) is 3.04. The highest BCUT2D eigenvalue weighted by Crippen LogP contribution is 2.38. The molecule has 0 aliphatic carbocycles. The predicted molar refractivity (Wildman–Crippen MR) is 116 cm³/mol. The van der Waals surface area contributed by atoms with E-state index >= 15 is 0 Å². The van der Waals surface area contributed by atoms with Gasteiger partial charge in [-0.25, -0.2) is 4.79 Å². The molecule has 7 nitrogen and oxygen atoms in total. The van der Waals surface area contributed by atoms with Crippen molar-refractivity contribution < 1.29 is 18.7 Å². The van der Waals surface area contributed by atoms with Crippen molar-refractivity contribution in [3.8, 4) is 0 Å². The molecule has 1 amide bonds. The first-order valence-corrected chi connectivity index (χ1v) is 10.0. The minimum Gasteiger partial charge on any atom is -0.465 e. The highest BCUT2D eigenvalue weighted by atomic mass is 16.5. The molecule has 2 heterocycles. The van der Waals surface area contributed by atoms with Gasteiger partial charge in [-0.1, -0.05) is 23.8 Å². The summed E-state index contributed by atoms with van der Waals surface area (Å²) in [6.07, 6.45) is 0. The van der Waals surface area contributed by atoms with Crippen LogP contribution in [0.25, 0.3) is 11.0 Å². The van der Waals surface area contributed by atoms with E-state index in [0.29, 0.717) is 35.2 Å². The second-order valence-electron chi connectivity index (χ2n) is 7.99. The molecule has 0 unspecified atom stereocenters. The molecule has 0 saturated heterocycles. The van der Waals surface area contributed by atoms with Crippen LogP contribution in [0.4, 0.5) is 0 Å². The highest BCUT2D eigenvalue weighted by molar-refractivity contribution is 5.99. The van der Waals surface area contributed by atoms with Crippen LogP contribution < -0.4 is 5.43 Å². The zero-order valence-corrected chi connectivity index (χ0v) is 18.0. The molecule has 1 aromatic heterocycles. The molecule has 4 rings (SSSR count). The number of methoxy groups -OCH3 is 1. The van der Waals surface area contributed by atoms with Crippen LogP contribution in [0.5, 0.6) is 0 Å². The monoisotopic (exact) mass is 420 g/mol. The lowest BCUT2D eigenvalue weighted by atomic mass is 9.97. The normalized spacial score (nSPS) is 15.6. The number of rotatable bonds is 5. The van der Waals surface area contributed by atoms with Crippen LogP contribution in [0.15, 0.2) is 51.7 Å². The van der Waals surface area contributed by atoms with Crippen LogP contribution in [0, 0.1) is 6.92 Å². The van der Waals surface area contributed by atoms with E-state index in [2.05, 4.69) is 0 Å². The Morgan fingerprint density at radius 1 is 1.13 bits per heavy atom. The molecule has 0 saturated carbocycles. The van der Waals surface area contributed by atoms with Crippen LogP contribution in [0.1, 0.15) is 43.6 Å². The number of fused-ring (bicyclic) bond motifs is 2. The quantitative estimate of drug-likeness (QED) is 0.591. The maximum Gasteiger partial charge on any atom is 0.337 e. The van der Waals surface area contributed by atoms with Crippen molar-refractivity contribution in [2.45, 2.75) is 13.0 Å². The van der Waals surface area contributed by atoms with Gasteiger partial charge in [0.1, 0.15) is 5.58 Å². The van der Waals surface area contributed by atoms with Gasteiger partial charge in [0.25, 0.3) is 5.91 Å². The van der Waals surface area contributed by atoms with Gasteiger partial charge in [0, 0.05) is 13.1 Å². The second-order valence-corrected chi connectivity index (χ2v) is 7.99. The summed E-state index contributed by atoms with van der Waals surface area (Å²) in [6.45, 7) is 2.96. The molecule has 160 valence electrons. The lowest BCUT2D eigenvalue weighted by Crippen LogP contribution is -2.35. The van der Waals surface area contributed by atoms with E-state index in [1.54, 1.807) is 41.3 Å². The number of carbonyl (C=O) groups is 2. The Balaban J connectivity index is 1.89. The molecule has 3 aromatic rings. The van der Waals surface area contributed by atoms with Crippen molar-refractivity contribution >= 4 is 22.8 Å². The number of benzene rings is 2. The number of ether oxygens (including phenoxy) is 1. The summed E-state index contributed by atoms with van der Waals surface area (Å²) >= 11 is 0. The molecule has 0 fully saturated rings. The molecular weight excluding hydrogens is 396 g/mol. The van der Waals surface area contributed by atoms with Crippen molar-refractivity contribution in [2.75, 3.05) is 34.3 Å². The Hall–Kier alpha value is -3.45. The van der Waals surface area contributed by atoms with Gasteiger partial charge in [0.05, 0.1) is 29.7 Å². The van der Waals surface area contributed by atoms with Gasteiger partial charge in [-0.2, -0.15) is 0 Å². The summed E-state index contributed by atoms with van der Waals surface area (Å²) in [4.78, 5) is 42.2. The Bertz CT molecular complexity index is 1230. The Labute approximate surface area is 179 Å². The first-order valence-electron chi connectivity index (χ1n) is 10.0. The lowest BCUT2D eigenvalue weighted by molar-refractivity contribution is 0.0599. The van der Waals surface area contributed by atoms with Crippen molar-refractivity contribution in [2.24, 2.45) is 0 Å². The number of aryl methyl sites for hydroxylation is 1. The Morgan fingerprint density at radius 2 is 1.84 bits per heavy atom. The fourth-order valence-corrected chi connectivity index (χ4v) is 3.94. The summed E-state index contributed by atoms with van der Waals surface area (Å²) in [7, 11) is 5.17. The Kier molecular flexibility index (Phi) is 5.37. The average molecular weight is 420 g/mol. The molecule has 0 N–H and O–H groups in total. The van der Waals surface area contributed by atoms with Crippen LogP contribution in [0.2, 0.25) is 0 Å². The maximum atomic E-state index is 13.5. The third kappa shape index (κ3) is 3.61. The fraction of sp³-hybridized carbons (Fsp3) is 0.292. The van der Waals surface area contributed by atoms with Crippen LogP contribution in [0.3, 0.4) is 0 Å². The van der Waals surface area contributed by atoms with Gasteiger partial charge in [0.15, 0.2) is 5.43 Å². The molecule has 0 radical (unpaired) electrons. The lowest BCUT2D eigenvalue weighted by Gasteiger charge is -2.26. The minimum atomic E-state index is -0.588. The summed E-state index contributed by atoms with van der Waals surface area (Å²) in [6, 6.07) is 11.6. The summed E-state index contributed by atoms with van der Waals surface area (Å²) in [5.41, 5.74) is 2.61. The van der Waals surface area contributed by atoms with Crippen molar-refractivity contribution in [3.63, 3.8) is 0 Å². The first kappa shape index (κ1) is 20.8. The van der Waals surface area contributed by atoms with E-state index < -0.39 is 12.0 Å². The van der Waals surface area contributed by atoms with E-state index in [0.717, 1.165) is 11.1 Å². The zero-order valence-electron chi connectivity index (χ0n) is 18.0. The van der Waals surface area contributed by atoms with Crippen molar-refractivity contribution in [3.05, 3.63) is 80.7 Å². The van der Waals surface area contributed by atoms with E-state index in [1.807, 2.05) is 32.0 Å². The standard InChI is InChI=1S/C24H24N2O5/c1-14-5-10-18-17(13-14)21(27)19-20(15-6-8-16(9-7-15)24(29)30-4)26(12-11-25(2)3)23(28)22(19)31-18/h5-10,13,20H,11-12H2,1-4H3/t20-/m1/s1. The first-order chi connectivity index (χ1) is 14.8. The van der Waals surface area contributed by atoms with E-state index in [1.165, 1.54) is 7.11 Å². The van der Waals surface area contributed by atoms with Crippen LogP contribution >= 0.6 is 0 Å². The van der Waals surface area contributed by atoms with E-state index in [4.69, 9.17) is 9.15 Å². The minimum absolute atomic E-state index is 0.0853. The van der Waals surface area contributed by atoms with Gasteiger partial charge < -0.3 is 19.0 Å². The maximum absolute atomic E-state index is 13.5. The van der Waals surface area contributed by atoms with Crippen molar-refractivity contribution in [1.82, 2.24) is 9.80 Å². The molecule has 1 aliphatic rings. The molecule has 7 heteroatoms. The fourth-order valence-electron chi connectivity index (χ4n) is 3.94. The summed E-state index contributed by atoms with van der Waals surface area (Å²) in [5.74, 6) is -0.666. The van der Waals surface area contributed by atoms with Gasteiger partial charge in [-0.05, 0) is 50.8 Å². The molecule has 0 spiro atoms. The predicted octanol–water partition coefficient (Wildman–Crippen LogP) is 2.99. The molecule has 2 aromatic carbocycles. The highest BCUT2D eigenvalue weighted by Gasteiger charge is 2.42. The van der Waals surface area contributed by atoms with Crippen molar-refractivity contribution in [1.29, 1.82) is 0 Å². The third-order valence-electron chi connectivity index (χ3n) is 5.56. The van der Waals surface area contributed by atoms with Gasteiger partial charge >= 0.3 is 5.97 Å². The number of likely N-dealkylation sites (N-methyl/N-ethyl adjacent to an activating group) is 1. The van der Waals surface area contributed by atoms with E-state index in [-0.39, 0.29) is 17.1 Å². The summed E-state index contributed by atoms with van der Waals surface area (Å²) in [5, 5.41) is 0.456. The molecule has 1 aliphatic heterocycles. The molecule has 0 bridgehead atoms. The third-order valence-corrected chi connectivity index (χ3v) is 5.56. The smallest absolute Gasteiger partial charge is 0.337 e. The molecular formula is C24H24N2O5. The number of amides is 1. The van der Waals surface area contributed by atoms with Crippen LogP contribution in [-0.4, -0.2) is 56.0 Å². The summed E-state index contributed by atoms with van der Waals surface area (Å²) < 4.78 is 10.7. The molecule has 31 heavy (non-hydrogen) atoms. The number of hydrogen-bond donors (Lipinski definition) is 0. The number of nitrogens with zero attached hydrogens (tertiary/aromatic N) is 2. The number of esters is 1. The van der Waals surface area contributed by atoms with Gasteiger partial charge in [-0.15, -0.1) is 0 Å². The van der Waals surface area contributed by atoms with Gasteiger partial charge in [0.2, 0.25) is 5.76 Å². The number of hydrogen-bond acceptors (Lipinski definition) is 6.